The van der Waals surface area contributed by atoms with Crippen molar-refractivity contribution in [2.24, 2.45) is 5.41 Å². The van der Waals surface area contributed by atoms with Crippen LogP contribution < -0.4 is 5.32 Å². The topological polar surface area (TPSA) is 56.2 Å². The van der Waals surface area contributed by atoms with Crippen molar-refractivity contribution in [2.45, 2.75) is 52.7 Å². The third-order valence-electron chi connectivity index (χ3n) is 4.36. The maximum absolute atomic E-state index is 13.5. The molecule has 1 aromatic carbocycles. The Kier molecular flexibility index (Phi) is 5.86. The molecule has 7 heteroatoms. The van der Waals surface area contributed by atoms with Gasteiger partial charge in [0.05, 0.1) is 28.9 Å². The molecule has 1 amide bonds. The molecule has 2 heterocycles. The van der Waals surface area contributed by atoms with Gasteiger partial charge in [0.2, 0.25) is 0 Å². The number of nitrogens with zero attached hydrogens (tertiary/aromatic N) is 2. The minimum absolute atomic E-state index is 0.0657. The smallest absolute Gasteiger partial charge is 0.258 e. The summed E-state index contributed by atoms with van der Waals surface area (Å²) in [5.41, 5.74) is 1.05. The molecule has 0 spiro atoms. The number of hydrogen-bond acceptors (Lipinski definition) is 3. The number of benzene rings is 1. The van der Waals surface area contributed by atoms with Crippen LogP contribution in [0.5, 0.6) is 0 Å². The van der Waals surface area contributed by atoms with Gasteiger partial charge in [0.25, 0.3) is 5.91 Å². The summed E-state index contributed by atoms with van der Waals surface area (Å²) in [4.78, 5) is 12.6. The molecule has 2 aromatic rings. The zero-order valence-electron chi connectivity index (χ0n) is 15.9. The zero-order chi connectivity index (χ0) is 19.6. The maximum Gasteiger partial charge on any atom is 0.258 e. The number of halogens is 2. The van der Waals surface area contributed by atoms with Crippen LogP contribution in [0.4, 0.5) is 10.2 Å². The first kappa shape index (κ1) is 19.8. The summed E-state index contributed by atoms with van der Waals surface area (Å²) < 4.78 is 21.0. The second-order valence-electron chi connectivity index (χ2n) is 8.15. The lowest BCUT2D eigenvalue weighted by Gasteiger charge is -2.15. The quantitative estimate of drug-likeness (QED) is 0.801. The van der Waals surface area contributed by atoms with E-state index in [0.29, 0.717) is 12.4 Å². The molecule has 1 aliphatic heterocycles. The highest BCUT2D eigenvalue weighted by Gasteiger charge is 2.22. The summed E-state index contributed by atoms with van der Waals surface area (Å²) in [6.45, 7) is 7.72. The summed E-state index contributed by atoms with van der Waals surface area (Å²) in [6.07, 6.45) is 2.86. The lowest BCUT2D eigenvalue weighted by molar-refractivity contribution is 0.0937. The molecule has 1 saturated heterocycles. The monoisotopic (exact) mass is 393 g/mol. The van der Waals surface area contributed by atoms with Gasteiger partial charge in [-0.15, -0.1) is 0 Å². The van der Waals surface area contributed by atoms with Gasteiger partial charge in [-0.25, -0.2) is 9.07 Å². The van der Waals surface area contributed by atoms with Gasteiger partial charge in [0.1, 0.15) is 11.6 Å². The van der Waals surface area contributed by atoms with Crippen molar-refractivity contribution in [1.82, 2.24) is 9.78 Å². The lowest BCUT2D eigenvalue weighted by atomic mass is 9.91. The van der Waals surface area contributed by atoms with E-state index in [1.54, 1.807) is 4.68 Å². The Morgan fingerprint density at radius 1 is 1.41 bits per heavy atom. The van der Waals surface area contributed by atoms with E-state index in [1.165, 1.54) is 12.1 Å². The van der Waals surface area contributed by atoms with Crippen LogP contribution in [0.1, 0.15) is 49.7 Å². The number of hydrogen-bond donors (Lipinski definition) is 1. The van der Waals surface area contributed by atoms with E-state index in [0.717, 1.165) is 37.6 Å². The molecule has 1 N–H and O–H groups in total. The van der Waals surface area contributed by atoms with Crippen molar-refractivity contribution in [3.05, 3.63) is 46.4 Å². The normalized spacial score (nSPS) is 17.3. The molecule has 0 unspecified atom stereocenters. The summed E-state index contributed by atoms with van der Waals surface area (Å²) in [5.74, 6) is -0.406. The third-order valence-corrected chi connectivity index (χ3v) is 4.69. The number of carbonyl (C=O) groups is 1. The molecular formula is C20H25ClFN3O2. The summed E-state index contributed by atoms with van der Waals surface area (Å²) in [5, 5.41) is 7.69. The van der Waals surface area contributed by atoms with E-state index in [2.05, 4.69) is 31.2 Å². The Morgan fingerprint density at radius 2 is 2.19 bits per heavy atom. The van der Waals surface area contributed by atoms with Crippen molar-refractivity contribution < 1.29 is 13.9 Å². The molecule has 1 aromatic heterocycles. The van der Waals surface area contributed by atoms with Crippen molar-refractivity contribution in [2.75, 3.05) is 11.9 Å². The Hall–Kier alpha value is -1.92. The van der Waals surface area contributed by atoms with E-state index in [4.69, 9.17) is 16.3 Å². The summed E-state index contributed by atoms with van der Waals surface area (Å²) in [7, 11) is 0. The van der Waals surface area contributed by atoms with Crippen molar-refractivity contribution in [3.63, 3.8) is 0 Å². The highest BCUT2D eigenvalue weighted by Crippen LogP contribution is 2.25. The summed E-state index contributed by atoms with van der Waals surface area (Å²) >= 11 is 6.06. The number of rotatable bonds is 5. The second-order valence-corrected chi connectivity index (χ2v) is 8.56. The Morgan fingerprint density at radius 3 is 2.85 bits per heavy atom. The van der Waals surface area contributed by atoms with Crippen LogP contribution in [0.2, 0.25) is 5.02 Å². The van der Waals surface area contributed by atoms with Crippen LogP contribution in [0, 0.1) is 11.2 Å². The van der Waals surface area contributed by atoms with Crippen molar-refractivity contribution >= 4 is 23.3 Å². The van der Waals surface area contributed by atoms with Gasteiger partial charge in [-0.1, -0.05) is 32.4 Å². The fourth-order valence-corrected chi connectivity index (χ4v) is 3.38. The highest BCUT2D eigenvalue weighted by atomic mass is 35.5. The molecule has 27 heavy (non-hydrogen) atoms. The number of anilines is 1. The first-order valence-electron chi connectivity index (χ1n) is 9.16. The van der Waals surface area contributed by atoms with E-state index < -0.39 is 11.7 Å². The van der Waals surface area contributed by atoms with Crippen LogP contribution in [0.25, 0.3) is 0 Å². The Balaban J connectivity index is 1.85. The molecule has 3 rings (SSSR count). The Labute approximate surface area is 163 Å². The minimum Gasteiger partial charge on any atom is -0.376 e. The van der Waals surface area contributed by atoms with Gasteiger partial charge in [-0.05, 0) is 42.9 Å². The molecule has 5 nitrogen and oxygen atoms in total. The van der Waals surface area contributed by atoms with Crippen LogP contribution in [-0.4, -0.2) is 28.4 Å². The standard InChI is InChI=1S/C20H25ClFN3O2/c1-20(2,3)11-14-10-18(25(24-14)12-15-5-4-8-27-15)23-19(26)16-9-13(22)6-7-17(16)21/h6-7,9-10,15H,4-5,8,11-12H2,1-3H3,(H,23,26)/t15-/m1/s1. The molecule has 1 aliphatic rings. The van der Waals surface area contributed by atoms with Gasteiger partial charge in [-0.2, -0.15) is 5.10 Å². The number of nitrogens with one attached hydrogen (secondary N) is 1. The highest BCUT2D eigenvalue weighted by molar-refractivity contribution is 6.34. The molecule has 0 radical (unpaired) electrons. The molecule has 0 aliphatic carbocycles. The van der Waals surface area contributed by atoms with Crippen LogP contribution in [0.15, 0.2) is 24.3 Å². The van der Waals surface area contributed by atoms with Gasteiger partial charge in [0, 0.05) is 12.7 Å². The predicted molar refractivity (Wildman–Crippen MR) is 104 cm³/mol. The molecule has 146 valence electrons. The third kappa shape index (κ3) is 5.30. The molecular weight excluding hydrogens is 369 g/mol. The van der Waals surface area contributed by atoms with Crippen molar-refractivity contribution in [3.8, 4) is 0 Å². The summed E-state index contributed by atoms with van der Waals surface area (Å²) in [6, 6.07) is 5.60. The second kappa shape index (κ2) is 7.98. The number of carbonyl (C=O) groups excluding carboxylic acids is 1. The van der Waals surface area contributed by atoms with Gasteiger partial charge in [-0.3, -0.25) is 4.79 Å². The number of amides is 1. The van der Waals surface area contributed by atoms with E-state index in [9.17, 15) is 9.18 Å². The van der Waals surface area contributed by atoms with Crippen LogP contribution in [0.3, 0.4) is 0 Å². The molecule has 0 saturated carbocycles. The van der Waals surface area contributed by atoms with Gasteiger partial charge in [0.15, 0.2) is 0 Å². The largest absolute Gasteiger partial charge is 0.376 e. The zero-order valence-corrected chi connectivity index (χ0v) is 16.6. The number of aromatic nitrogens is 2. The fourth-order valence-electron chi connectivity index (χ4n) is 3.18. The maximum atomic E-state index is 13.5. The predicted octanol–water partition coefficient (Wildman–Crippen LogP) is 4.70. The average molecular weight is 394 g/mol. The lowest BCUT2D eigenvalue weighted by Crippen LogP contribution is -2.21. The van der Waals surface area contributed by atoms with E-state index >= 15 is 0 Å². The fraction of sp³-hybridized carbons (Fsp3) is 0.500. The van der Waals surface area contributed by atoms with Crippen molar-refractivity contribution in [1.29, 1.82) is 0 Å². The van der Waals surface area contributed by atoms with Crippen LogP contribution in [-0.2, 0) is 17.7 Å². The van der Waals surface area contributed by atoms with Crippen LogP contribution >= 0.6 is 11.6 Å². The minimum atomic E-state index is -0.508. The van der Waals surface area contributed by atoms with E-state index in [1.807, 2.05) is 6.07 Å². The molecule has 0 bridgehead atoms. The SMILES string of the molecule is CC(C)(C)Cc1cc(NC(=O)c2cc(F)ccc2Cl)n(C[C@H]2CCCO2)n1. The Bertz CT molecular complexity index is 823. The number of ether oxygens (including phenoxy) is 1. The van der Waals surface area contributed by atoms with E-state index in [-0.39, 0.29) is 22.1 Å². The average Bonchev–Trinajstić information content (AvgIpc) is 3.19. The molecule has 1 atom stereocenters. The molecule has 1 fully saturated rings. The van der Waals surface area contributed by atoms with Gasteiger partial charge >= 0.3 is 0 Å². The first-order chi connectivity index (χ1) is 12.7. The first-order valence-corrected chi connectivity index (χ1v) is 9.54. The van der Waals surface area contributed by atoms with Gasteiger partial charge < -0.3 is 10.1 Å².